The molecular weight excluding hydrogens is 150 g/mol. The average molecular weight is 165 g/mol. The lowest BCUT2D eigenvalue weighted by Crippen LogP contribution is -2.45. The highest BCUT2D eigenvalue weighted by atomic mass is 14.9. The zero-order valence-corrected chi connectivity index (χ0v) is 7.59. The highest BCUT2D eigenvalue weighted by Gasteiger charge is 2.54. The van der Waals surface area contributed by atoms with Gasteiger partial charge in [0.05, 0.1) is 6.33 Å². The van der Waals surface area contributed by atoms with Crippen molar-refractivity contribution in [1.29, 1.82) is 0 Å². The minimum absolute atomic E-state index is 0.139. The van der Waals surface area contributed by atoms with Gasteiger partial charge in [-0.05, 0) is 26.7 Å². The van der Waals surface area contributed by atoms with Crippen LogP contribution in [0.1, 0.15) is 32.4 Å². The number of aromatic amines is 1. The molecule has 0 aromatic carbocycles. The SMILES string of the molecule is CC(C)(N)C1(c2cnc[nH]2)CC1. The van der Waals surface area contributed by atoms with Crippen LogP contribution in [0.3, 0.4) is 0 Å². The van der Waals surface area contributed by atoms with Gasteiger partial charge in [-0.2, -0.15) is 0 Å². The van der Waals surface area contributed by atoms with Crippen LogP contribution in [-0.4, -0.2) is 15.5 Å². The lowest BCUT2D eigenvalue weighted by molar-refractivity contribution is 0.385. The average Bonchev–Trinajstić information content (AvgIpc) is 2.61. The fraction of sp³-hybridized carbons (Fsp3) is 0.667. The maximum atomic E-state index is 6.12. The molecule has 1 aromatic rings. The fourth-order valence-corrected chi connectivity index (χ4v) is 1.90. The zero-order chi connectivity index (χ0) is 8.82. The molecule has 3 N–H and O–H groups in total. The van der Waals surface area contributed by atoms with Crippen molar-refractivity contribution in [3.63, 3.8) is 0 Å². The predicted molar refractivity (Wildman–Crippen MR) is 47.8 cm³/mol. The summed E-state index contributed by atoms with van der Waals surface area (Å²) in [5.74, 6) is 0. The van der Waals surface area contributed by atoms with E-state index in [1.54, 1.807) is 6.33 Å². The number of aromatic nitrogens is 2. The third kappa shape index (κ3) is 0.894. The van der Waals surface area contributed by atoms with Gasteiger partial charge in [0.15, 0.2) is 0 Å². The summed E-state index contributed by atoms with van der Waals surface area (Å²) >= 11 is 0. The fourth-order valence-electron chi connectivity index (χ4n) is 1.90. The summed E-state index contributed by atoms with van der Waals surface area (Å²) in [5.41, 5.74) is 7.34. The number of H-pyrrole nitrogens is 1. The molecule has 1 heterocycles. The molecule has 1 saturated carbocycles. The lowest BCUT2D eigenvalue weighted by Gasteiger charge is -2.29. The van der Waals surface area contributed by atoms with E-state index in [0.29, 0.717) is 0 Å². The molecule has 2 rings (SSSR count). The first-order valence-electron chi connectivity index (χ1n) is 4.34. The van der Waals surface area contributed by atoms with Gasteiger partial charge in [0.25, 0.3) is 0 Å². The van der Waals surface area contributed by atoms with E-state index in [1.165, 1.54) is 18.5 Å². The molecular formula is C9H15N3. The molecule has 0 bridgehead atoms. The van der Waals surface area contributed by atoms with Crippen LogP contribution in [0.2, 0.25) is 0 Å². The third-order valence-corrected chi connectivity index (χ3v) is 3.00. The summed E-state index contributed by atoms with van der Waals surface area (Å²) in [4.78, 5) is 7.19. The first-order chi connectivity index (χ1) is 5.56. The summed E-state index contributed by atoms with van der Waals surface area (Å²) in [6.45, 7) is 4.17. The Morgan fingerprint density at radius 1 is 1.58 bits per heavy atom. The summed E-state index contributed by atoms with van der Waals surface area (Å²) in [6.07, 6.45) is 5.97. The van der Waals surface area contributed by atoms with E-state index in [1.807, 2.05) is 6.20 Å². The van der Waals surface area contributed by atoms with Crippen LogP contribution in [-0.2, 0) is 5.41 Å². The Morgan fingerprint density at radius 3 is 2.58 bits per heavy atom. The van der Waals surface area contributed by atoms with Crippen molar-refractivity contribution in [2.75, 3.05) is 0 Å². The third-order valence-electron chi connectivity index (χ3n) is 3.00. The van der Waals surface area contributed by atoms with Gasteiger partial charge in [-0.1, -0.05) is 0 Å². The number of hydrogen-bond acceptors (Lipinski definition) is 2. The van der Waals surface area contributed by atoms with Crippen molar-refractivity contribution < 1.29 is 0 Å². The topological polar surface area (TPSA) is 54.7 Å². The van der Waals surface area contributed by atoms with Crippen molar-refractivity contribution in [3.05, 3.63) is 18.2 Å². The number of nitrogens with two attached hydrogens (primary N) is 1. The summed E-state index contributed by atoms with van der Waals surface area (Å²) in [7, 11) is 0. The Labute approximate surface area is 72.4 Å². The zero-order valence-electron chi connectivity index (χ0n) is 7.59. The molecule has 0 saturated heterocycles. The van der Waals surface area contributed by atoms with Crippen molar-refractivity contribution in [3.8, 4) is 0 Å². The maximum Gasteiger partial charge on any atom is 0.0921 e. The standard InChI is InChI=1S/C9H15N3/c1-8(2,10)9(3-4-9)7-5-11-6-12-7/h5-6H,3-4,10H2,1-2H3,(H,11,12). The molecule has 1 fully saturated rings. The minimum atomic E-state index is -0.139. The number of rotatable bonds is 2. The summed E-state index contributed by atoms with van der Waals surface area (Å²) in [6, 6.07) is 0. The van der Waals surface area contributed by atoms with E-state index in [4.69, 9.17) is 5.73 Å². The predicted octanol–water partition coefficient (Wildman–Crippen LogP) is 1.18. The molecule has 3 nitrogen and oxygen atoms in total. The van der Waals surface area contributed by atoms with Gasteiger partial charge in [0.1, 0.15) is 0 Å². The number of nitrogens with one attached hydrogen (secondary N) is 1. The Bertz CT molecular complexity index is 264. The van der Waals surface area contributed by atoms with Crippen molar-refractivity contribution in [1.82, 2.24) is 9.97 Å². The van der Waals surface area contributed by atoms with E-state index in [0.717, 1.165) is 0 Å². The largest absolute Gasteiger partial charge is 0.348 e. The van der Waals surface area contributed by atoms with E-state index in [-0.39, 0.29) is 11.0 Å². The molecule has 1 aliphatic rings. The molecule has 0 unspecified atom stereocenters. The molecule has 66 valence electrons. The first-order valence-corrected chi connectivity index (χ1v) is 4.34. The quantitative estimate of drug-likeness (QED) is 0.691. The molecule has 12 heavy (non-hydrogen) atoms. The van der Waals surface area contributed by atoms with E-state index >= 15 is 0 Å². The van der Waals surface area contributed by atoms with Crippen LogP contribution in [0.4, 0.5) is 0 Å². The second-order valence-electron chi connectivity index (χ2n) is 4.27. The molecule has 1 aliphatic carbocycles. The van der Waals surface area contributed by atoms with Crippen LogP contribution < -0.4 is 5.73 Å². The van der Waals surface area contributed by atoms with E-state index in [2.05, 4.69) is 23.8 Å². The second-order valence-corrected chi connectivity index (χ2v) is 4.27. The highest BCUT2D eigenvalue weighted by molar-refractivity contribution is 5.29. The van der Waals surface area contributed by atoms with Crippen molar-refractivity contribution in [2.24, 2.45) is 5.73 Å². The minimum Gasteiger partial charge on any atom is -0.348 e. The van der Waals surface area contributed by atoms with Crippen LogP contribution in [0, 0.1) is 0 Å². The molecule has 0 atom stereocenters. The molecule has 1 aromatic heterocycles. The van der Waals surface area contributed by atoms with Gasteiger partial charge in [0, 0.05) is 22.8 Å². The Hall–Kier alpha value is -0.830. The van der Waals surface area contributed by atoms with Crippen LogP contribution in [0.15, 0.2) is 12.5 Å². The number of imidazole rings is 1. The Balaban J connectivity index is 2.35. The monoisotopic (exact) mass is 165 g/mol. The Kier molecular flexibility index (Phi) is 1.37. The van der Waals surface area contributed by atoms with Crippen molar-refractivity contribution >= 4 is 0 Å². The van der Waals surface area contributed by atoms with E-state index < -0.39 is 0 Å². The number of nitrogens with zero attached hydrogens (tertiary/aromatic N) is 1. The van der Waals surface area contributed by atoms with Gasteiger partial charge in [-0.3, -0.25) is 0 Å². The van der Waals surface area contributed by atoms with Crippen LogP contribution in [0.5, 0.6) is 0 Å². The van der Waals surface area contributed by atoms with E-state index in [9.17, 15) is 0 Å². The van der Waals surface area contributed by atoms with Crippen LogP contribution in [0.25, 0.3) is 0 Å². The maximum absolute atomic E-state index is 6.12. The molecule has 3 heteroatoms. The summed E-state index contributed by atoms with van der Waals surface area (Å²) < 4.78 is 0. The first kappa shape index (κ1) is 7.80. The smallest absolute Gasteiger partial charge is 0.0921 e. The van der Waals surface area contributed by atoms with Gasteiger partial charge in [-0.25, -0.2) is 4.98 Å². The lowest BCUT2D eigenvalue weighted by atomic mass is 9.83. The highest BCUT2D eigenvalue weighted by Crippen LogP contribution is 2.53. The Morgan fingerprint density at radius 2 is 2.25 bits per heavy atom. The molecule has 0 amide bonds. The molecule has 0 aliphatic heterocycles. The normalized spacial score (nSPS) is 20.9. The number of hydrogen-bond donors (Lipinski definition) is 2. The summed E-state index contributed by atoms with van der Waals surface area (Å²) in [5, 5.41) is 0. The molecule has 0 radical (unpaired) electrons. The van der Waals surface area contributed by atoms with Crippen LogP contribution >= 0.6 is 0 Å². The van der Waals surface area contributed by atoms with Gasteiger partial charge >= 0.3 is 0 Å². The van der Waals surface area contributed by atoms with Gasteiger partial charge in [-0.15, -0.1) is 0 Å². The van der Waals surface area contributed by atoms with Gasteiger partial charge in [0.2, 0.25) is 0 Å². The second kappa shape index (κ2) is 2.10. The van der Waals surface area contributed by atoms with Crippen molar-refractivity contribution in [2.45, 2.75) is 37.6 Å². The molecule has 0 spiro atoms. The van der Waals surface area contributed by atoms with Gasteiger partial charge < -0.3 is 10.7 Å².